The normalized spacial score (nSPS) is 17.1. The fraction of sp³-hybridized carbons (Fsp3) is 0.136. The van der Waals surface area contributed by atoms with Crippen LogP contribution in [0.15, 0.2) is 82.6 Å². The second-order valence-electron chi connectivity index (χ2n) is 7.00. The Balaban J connectivity index is 1.65. The number of alkyl halides is 3. The number of rotatable bonds is 4. The van der Waals surface area contributed by atoms with E-state index in [0.717, 1.165) is 12.1 Å². The quantitative estimate of drug-likeness (QED) is 0.445. The van der Waals surface area contributed by atoms with Gasteiger partial charge in [0, 0.05) is 10.7 Å². The number of amides is 1. The van der Waals surface area contributed by atoms with Gasteiger partial charge >= 0.3 is 6.18 Å². The highest BCUT2D eigenvalue weighted by atomic mass is 35.5. The summed E-state index contributed by atoms with van der Waals surface area (Å²) in [7, 11) is -3.79. The molecule has 166 valence electrons. The maximum absolute atomic E-state index is 13.1. The molecule has 1 heterocycles. The van der Waals surface area contributed by atoms with Crippen molar-refractivity contribution in [1.29, 1.82) is 0 Å². The highest BCUT2D eigenvalue weighted by Gasteiger charge is 2.36. The van der Waals surface area contributed by atoms with Crippen molar-refractivity contribution in [2.75, 3.05) is 10.7 Å². The monoisotopic (exact) mass is 497 g/mol. The van der Waals surface area contributed by atoms with Crippen LogP contribution in [0.25, 0.3) is 0 Å². The van der Waals surface area contributed by atoms with Crippen LogP contribution in [-0.4, -0.2) is 20.1 Å². The molecule has 1 saturated heterocycles. The summed E-state index contributed by atoms with van der Waals surface area (Å²) in [6, 6.07) is 16.3. The van der Waals surface area contributed by atoms with Crippen LogP contribution in [0.2, 0.25) is 5.02 Å². The number of benzene rings is 3. The van der Waals surface area contributed by atoms with Gasteiger partial charge in [-0.1, -0.05) is 23.7 Å². The summed E-state index contributed by atoms with van der Waals surface area (Å²) < 4.78 is 65.0. The van der Waals surface area contributed by atoms with Gasteiger partial charge in [0.1, 0.15) is 5.37 Å². The minimum Gasteiger partial charge on any atom is -0.295 e. The number of sulfone groups is 1. The molecular weight excluding hydrogens is 483 g/mol. The van der Waals surface area contributed by atoms with E-state index in [4.69, 9.17) is 11.6 Å². The molecule has 1 atom stereocenters. The molecule has 3 aromatic carbocycles. The zero-order valence-electron chi connectivity index (χ0n) is 16.2. The van der Waals surface area contributed by atoms with E-state index < -0.39 is 27.0 Å². The van der Waals surface area contributed by atoms with Crippen LogP contribution in [0.4, 0.5) is 18.9 Å². The van der Waals surface area contributed by atoms with E-state index in [1.165, 1.54) is 77.3 Å². The predicted molar refractivity (Wildman–Crippen MR) is 117 cm³/mol. The topological polar surface area (TPSA) is 54.5 Å². The van der Waals surface area contributed by atoms with Crippen molar-refractivity contribution in [3.63, 3.8) is 0 Å². The van der Waals surface area contributed by atoms with Crippen molar-refractivity contribution in [2.24, 2.45) is 0 Å². The molecule has 0 radical (unpaired) electrons. The Labute approximate surface area is 191 Å². The molecule has 1 unspecified atom stereocenters. The zero-order chi connectivity index (χ0) is 23.1. The molecule has 0 N–H and O–H groups in total. The standard InChI is InChI=1S/C22H15ClF3NO3S2/c23-16-4-8-18(9-5-16)32(29,30)19-10-6-17(7-11-19)27-20(28)13-31-21(27)14-2-1-3-15(12-14)22(24,25)26/h1-12,21H,13H2. The summed E-state index contributed by atoms with van der Waals surface area (Å²) in [4.78, 5) is 14.0. The molecule has 0 aliphatic carbocycles. The van der Waals surface area contributed by atoms with Crippen molar-refractivity contribution in [3.05, 3.63) is 88.9 Å². The van der Waals surface area contributed by atoms with Gasteiger partial charge in [0.2, 0.25) is 15.7 Å². The summed E-state index contributed by atoms with van der Waals surface area (Å²) in [5.74, 6) is -0.170. The van der Waals surface area contributed by atoms with Gasteiger partial charge in [-0.3, -0.25) is 9.69 Å². The number of halogens is 4. The lowest BCUT2D eigenvalue weighted by molar-refractivity contribution is -0.137. The van der Waals surface area contributed by atoms with Crippen molar-refractivity contribution in [2.45, 2.75) is 21.3 Å². The third-order valence-corrected chi connectivity index (χ3v) is 8.17. The first-order valence-corrected chi connectivity index (χ1v) is 12.2. The number of hydrogen-bond acceptors (Lipinski definition) is 4. The van der Waals surface area contributed by atoms with Crippen LogP contribution in [0.3, 0.4) is 0 Å². The summed E-state index contributed by atoms with van der Waals surface area (Å²) >= 11 is 7.03. The first kappa shape index (κ1) is 22.7. The average Bonchev–Trinajstić information content (AvgIpc) is 3.15. The molecule has 0 bridgehead atoms. The van der Waals surface area contributed by atoms with Crippen LogP contribution in [0, 0.1) is 0 Å². The van der Waals surface area contributed by atoms with E-state index in [1.54, 1.807) is 0 Å². The maximum Gasteiger partial charge on any atom is 0.416 e. The second-order valence-corrected chi connectivity index (χ2v) is 10.5. The van der Waals surface area contributed by atoms with Gasteiger partial charge in [-0.2, -0.15) is 13.2 Å². The first-order chi connectivity index (χ1) is 15.1. The third-order valence-electron chi connectivity index (χ3n) is 4.92. The molecular formula is C22H15ClF3NO3S2. The Morgan fingerprint density at radius 1 is 0.938 bits per heavy atom. The highest BCUT2D eigenvalue weighted by molar-refractivity contribution is 8.00. The maximum atomic E-state index is 13.1. The van der Waals surface area contributed by atoms with Crippen molar-refractivity contribution in [1.82, 2.24) is 0 Å². The molecule has 10 heteroatoms. The second kappa shape index (κ2) is 8.46. The van der Waals surface area contributed by atoms with Crippen LogP contribution < -0.4 is 4.90 Å². The molecule has 3 aromatic rings. The summed E-state index contributed by atoms with van der Waals surface area (Å²) in [5.41, 5.74) is -0.0506. The lowest BCUT2D eigenvalue weighted by Crippen LogP contribution is -2.28. The number of hydrogen-bond donors (Lipinski definition) is 0. The zero-order valence-corrected chi connectivity index (χ0v) is 18.6. The Morgan fingerprint density at radius 2 is 1.53 bits per heavy atom. The summed E-state index contributed by atoms with van der Waals surface area (Å²) in [6.07, 6.45) is -4.49. The number of nitrogens with zero attached hydrogens (tertiary/aromatic N) is 1. The predicted octanol–water partition coefficient (Wildman–Crippen LogP) is 5.97. The van der Waals surface area contributed by atoms with Crippen LogP contribution in [0.1, 0.15) is 16.5 Å². The SMILES string of the molecule is O=C1CSC(c2cccc(C(F)(F)F)c2)N1c1ccc(S(=O)(=O)c2ccc(Cl)cc2)cc1. The summed E-state index contributed by atoms with van der Waals surface area (Å²) in [5, 5.41) is -0.242. The third kappa shape index (κ3) is 4.37. The number of thioether (sulfide) groups is 1. The van der Waals surface area contributed by atoms with Crippen molar-refractivity contribution < 1.29 is 26.4 Å². The van der Waals surface area contributed by atoms with E-state index in [9.17, 15) is 26.4 Å². The fourth-order valence-corrected chi connectivity index (χ4v) is 5.91. The molecule has 4 nitrogen and oxygen atoms in total. The number of anilines is 1. The molecule has 32 heavy (non-hydrogen) atoms. The Hall–Kier alpha value is -2.49. The van der Waals surface area contributed by atoms with Crippen molar-refractivity contribution in [3.8, 4) is 0 Å². The van der Waals surface area contributed by atoms with Gasteiger partial charge in [0.15, 0.2) is 0 Å². The van der Waals surface area contributed by atoms with Gasteiger partial charge in [-0.15, -0.1) is 11.8 Å². The molecule has 1 aliphatic heterocycles. The molecule has 1 aliphatic rings. The molecule has 0 aromatic heterocycles. The molecule has 1 amide bonds. The molecule has 0 spiro atoms. The van der Waals surface area contributed by atoms with Crippen LogP contribution in [0.5, 0.6) is 0 Å². The van der Waals surface area contributed by atoms with Crippen LogP contribution >= 0.6 is 23.4 Å². The largest absolute Gasteiger partial charge is 0.416 e. The smallest absolute Gasteiger partial charge is 0.295 e. The van der Waals surface area contributed by atoms with E-state index in [0.29, 0.717) is 16.3 Å². The van der Waals surface area contributed by atoms with E-state index in [-0.39, 0.29) is 21.5 Å². The van der Waals surface area contributed by atoms with Crippen LogP contribution in [-0.2, 0) is 20.8 Å². The first-order valence-electron chi connectivity index (χ1n) is 9.29. The average molecular weight is 498 g/mol. The molecule has 1 fully saturated rings. The van der Waals surface area contributed by atoms with Gasteiger partial charge in [-0.25, -0.2) is 8.42 Å². The molecule has 4 rings (SSSR count). The highest BCUT2D eigenvalue weighted by Crippen LogP contribution is 2.43. The lowest BCUT2D eigenvalue weighted by Gasteiger charge is -2.25. The van der Waals surface area contributed by atoms with E-state index >= 15 is 0 Å². The summed E-state index contributed by atoms with van der Waals surface area (Å²) in [6.45, 7) is 0. The van der Waals surface area contributed by atoms with Gasteiger partial charge in [-0.05, 0) is 66.2 Å². The Bertz CT molecular complexity index is 1260. The van der Waals surface area contributed by atoms with Gasteiger partial charge < -0.3 is 0 Å². The minimum atomic E-state index is -4.49. The van der Waals surface area contributed by atoms with E-state index in [1.807, 2.05) is 0 Å². The lowest BCUT2D eigenvalue weighted by atomic mass is 10.1. The fourth-order valence-electron chi connectivity index (χ4n) is 3.35. The minimum absolute atomic E-state index is 0.0264. The van der Waals surface area contributed by atoms with Crippen molar-refractivity contribution >= 4 is 44.8 Å². The van der Waals surface area contributed by atoms with Gasteiger partial charge in [0.25, 0.3) is 0 Å². The van der Waals surface area contributed by atoms with E-state index in [2.05, 4.69) is 0 Å². The molecule has 0 saturated carbocycles. The number of carbonyl (C=O) groups excluding carboxylic acids is 1. The Morgan fingerprint density at radius 3 is 2.12 bits per heavy atom. The van der Waals surface area contributed by atoms with Gasteiger partial charge in [0.05, 0.1) is 21.1 Å². The number of carbonyl (C=O) groups is 1. The Kier molecular flexibility index (Phi) is 6.00.